The van der Waals surface area contributed by atoms with Crippen LogP contribution in [0.4, 0.5) is 0 Å². The van der Waals surface area contributed by atoms with E-state index in [9.17, 15) is 9.90 Å². The third-order valence-corrected chi connectivity index (χ3v) is 6.20. The van der Waals surface area contributed by atoms with Crippen molar-refractivity contribution in [1.29, 1.82) is 0 Å². The van der Waals surface area contributed by atoms with Crippen LogP contribution < -0.4 is 10.1 Å². The minimum atomic E-state index is -0.611. The molecule has 1 unspecified atom stereocenters. The molecule has 0 bridgehead atoms. The first kappa shape index (κ1) is 20.6. The molecule has 0 radical (unpaired) electrons. The van der Waals surface area contributed by atoms with Crippen LogP contribution >= 0.6 is 22.7 Å². The number of hydrogen-bond acceptors (Lipinski definition) is 5. The number of hydrogen-bond donors (Lipinski definition) is 2. The van der Waals surface area contributed by atoms with E-state index in [1.165, 1.54) is 16.9 Å². The van der Waals surface area contributed by atoms with Gasteiger partial charge < -0.3 is 15.2 Å². The number of ether oxygens (including phenoxy) is 1. The van der Waals surface area contributed by atoms with E-state index < -0.39 is 6.10 Å². The molecule has 4 nitrogen and oxygen atoms in total. The van der Waals surface area contributed by atoms with Gasteiger partial charge in [-0.05, 0) is 57.6 Å². The zero-order chi connectivity index (χ0) is 20.1. The van der Waals surface area contributed by atoms with Crippen molar-refractivity contribution in [3.8, 4) is 5.75 Å². The molecule has 1 amide bonds. The van der Waals surface area contributed by atoms with E-state index >= 15 is 0 Å². The van der Waals surface area contributed by atoms with Gasteiger partial charge in [0, 0.05) is 9.75 Å². The lowest BCUT2D eigenvalue weighted by molar-refractivity contribution is -0.123. The average molecular weight is 416 g/mol. The van der Waals surface area contributed by atoms with Gasteiger partial charge in [-0.25, -0.2) is 0 Å². The van der Waals surface area contributed by atoms with Gasteiger partial charge >= 0.3 is 0 Å². The molecule has 148 valence electrons. The molecule has 0 aliphatic heterocycles. The van der Waals surface area contributed by atoms with E-state index in [4.69, 9.17) is 4.74 Å². The van der Waals surface area contributed by atoms with Crippen LogP contribution in [0.25, 0.3) is 0 Å². The summed E-state index contributed by atoms with van der Waals surface area (Å²) in [5, 5.41) is 17.1. The Bertz CT molecular complexity index is 893. The predicted molar refractivity (Wildman–Crippen MR) is 115 cm³/mol. The number of aliphatic hydroxyl groups is 1. The number of thiophene rings is 2. The molecule has 6 heteroatoms. The van der Waals surface area contributed by atoms with Gasteiger partial charge in [-0.3, -0.25) is 4.79 Å². The van der Waals surface area contributed by atoms with Gasteiger partial charge in [0.15, 0.2) is 6.61 Å². The highest BCUT2D eigenvalue weighted by molar-refractivity contribution is 7.12. The van der Waals surface area contributed by atoms with Crippen molar-refractivity contribution < 1.29 is 14.6 Å². The second-order valence-corrected chi connectivity index (χ2v) is 9.58. The molecule has 2 N–H and O–H groups in total. The lowest BCUT2D eigenvalue weighted by Gasteiger charge is -2.19. The van der Waals surface area contributed by atoms with Crippen LogP contribution in [0.1, 0.15) is 47.8 Å². The van der Waals surface area contributed by atoms with Crippen LogP contribution in [0.2, 0.25) is 0 Å². The fourth-order valence-electron chi connectivity index (χ4n) is 2.67. The van der Waals surface area contributed by atoms with Gasteiger partial charge in [-0.2, -0.15) is 11.3 Å². The van der Waals surface area contributed by atoms with Crippen LogP contribution in [0.3, 0.4) is 0 Å². The maximum absolute atomic E-state index is 12.1. The van der Waals surface area contributed by atoms with Crippen molar-refractivity contribution in [2.45, 2.75) is 38.8 Å². The van der Waals surface area contributed by atoms with Crippen LogP contribution in [0, 0.1) is 0 Å². The van der Waals surface area contributed by atoms with E-state index in [0.717, 1.165) is 15.3 Å². The van der Waals surface area contributed by atoms with E-state index in [0.29, 0.717) is 12.3 Å². The number of benzene rings is 1. The Morgan fingerprint density at radius 3 is 2.54 bits per heavy atom. The minimum absolute atomic E-state index is 0.0232. The third-order valence-electron chi connectivity index (χ3n) is 4.36. The number of aliphatic hydroxyl groups excluding tert-OH is 1. The van der Waals surface area contributed by atoms with Crippen molar-refractivity contribution in [3.05, 3.63) is 74.1 Å². The lowest BCUT2D eigenvalue weighted by Crippen LogP contribution is -2.28. The van der Waals surface area contributed by atoms with Gasteiger partial charge in [0.1, 0.15) is 11.9 Å². The summed E-state index contributed by atoms with van der Waals surface area (Å²) < 4.78 is 5.57. The zero-order valence-corrected chi connectivity index (χ0v) is 17.9. The molecular weight excluding hydrogens is 390 g/mol. The molecule has 2 heterocycles. The number of amides is 1. The van der Waals surface area contributed by atoms with Crippen molar-refractivity contribution in [3.63, 3.8) is 0 Å². The van der Waals surface area contributed by atoms with E-state index in [1.54, 1.807) is 11.3 Å². The molecule has 1 aromatic carbocycles. The molecule has 0 aliphatic rings. The summed E-state index contributed by atoms with van der Waals surface area (Å²) in [4.78, 5) is 13.9. The van der Waals surface area contributed by atoms with Gasteiger partial charge in [0.25, 0.3) is 5.91 Å². The van der Waals surface area contributed by atoms with Crippen LogP contribution in [-0.4, -0.2) is 17.6 Å². The van der Waals surface area contributed by atoms with Gasteiger partial charge in [-0.15, -0.1) is 11.3 Å². The maximum atomic E-state index is 12.1. The fourth-order valence-corrected chi connectivity index (χ4v) is 4.31. The zero-order valence-electron chi connectivity index (χ0n) is 16.3. The van der Waals surface area contributed by atoms with Crippen molar-refractivity contribution >= 4 is 28.6 Å². The van der Waals surface area contributed by atoms with E-state index in [1.807, 2.05) is 53.2 Å². The normalized spacial score (nSPS) is 12.6. The molecule has 2 aromatic heterocycles. The number of carbonyl (C=O) groups is 1. The number of nitrogens with one attached hydrogen (secondary N) is 1. The molecule has 0 saturated heterocycles. The smallest absolute Gasteiger partial charge is 0.258 e. The fraction of sp³-hybridized carbons (Fsp3) is 0.318. The molecule has 0 spiro atoms. The summed E-state index contributed by atoms with van der Waals surface area (Å²) in [6.45, 7) is 6.87. The highest BCUT2D eigenvalue weighted by Gasteiger charge is 2.15. The summed E-state index contributed by atoms with van der Waals surface area (Å²) in [6, 6.07) is 13.6. The summed E-state index contributed by atoms with van der Waals surface area (Å²) in [7, 11) is 0. The Balaban J connectivity index is 1.46. The topological polar surface area (TPSA) is 58.6 Å². The Labute approximate surface area is 173 Å². The largest absolute Gasteiger partial charge is 0.484 e. The van der Waals surface area contributed by atoms with E-state index in [-0.39, 0.29) is 17.9 Å². The monoisotopic (exact) mass is 415 g/mol. The van der Waals surface area contributed by atoms with Crippen LogP contribution in [0.15, 0.2) is 53.2 Å². The molecule has 0 saturated carbocycles. The first-order valence-corrected chi connectivity index (χ1v) is 10.9. The Morgan fingerprint density at radius 1 is 1.14 bits per heavy atom. The van der Waals surface area contributed by atoms with Gasteiger partial charge in [0.2, 0.25) is 0 Å². The average Bonchev–Trinajstić information content (AvgIpc) is 3.35. The molecule has 28 heavy (non-hydrogen) atoms. The van der Waals surface area contributed by atoms with Gasteiger partial charge in [0.05, 0.1) is 6.54 Å². The molecule has 1 atom stereocenters. The van der Waals surface area contributed by atoms with E-state index in [2.05, 4.69) is 26.1 Å². The Kier molecular flexibility index (Phi) is 6.54. The molecule has 0 fully saturated rings. The van der Waals surface area contributed by atoms with Crippen molar-refractivity contribution in [2.24, 2.45) is 0 Å². The quantitative estimate of drug-likeness (QED) is 0.578. The lowest BCUT2D eigenvalue weighted by atomic mass is 9.87. The second-order valence-electron chi connectivity index (χ2n) is 7.60. The molecule has 0 aliphatic carbocycles. The highest BCUT2D eigenvalue weighted by atomic mass is 32.1. The summed E-state index contributed by atoms with van der Waals surface area (Å²) >= 11 is 3.06. The molecular formula is C22H25NO3S2. The molecule has 3 rings (SSSR count). The minimum Gasteiger partial charge on any atom is -0.484 e. The van der Waals surface area contributed by atoms with Crippen LogP contribution in [0.5, 0.6) is 5.75 Å². The van der Waals surface area contributed by atoms with Crippen molar-refractivity contribution in [1.82, 2.24) is 5.32 Å². The first-order chi connectivity index (χ1) is 13.3. The number of carbonyl (C=O) groups excluding carboxylic acids is 1. The molecule has 3 aromatic rings. The van der Waals surface area contributed by atoms with Crippen LogP contribution in [-0.2, 0) is 16.8 Å². The number of rotatable bonds is 7. The summed E-state index contributed by atoms with van der Waals surface area (Å²) in [5.74, 6) is 0.508. The SMILES string of the molecule is CC(C)(C)c1ccc(OCC(=O)NCc2ccc(C(O)c3ccsc3)s2)cc1. The standard InChI is InChI=1S/C22H25NO3S2/c1-22(2,3)16-4-6-17(7-5-16)26-13-20(24)23-12-18-8-9-19(28-18)21(25)15-10-11-27-14-15/h4-11,14,21,25H,12-13H2,1-3H3,(H,23,24). The maximum Gasteiger partial charge on any atom is 0.258 e. The van der Waals surface area contributed by atoms with Crippen molar-refractivity contribution in [2.75, 3.05) is 6.61 Å². The second kappa shape index (κ2) is 8.90. The Hall–Kier alpha value is -2.15. The predicted octanol–water partition coefficient (Wildman–Crippen LogP) is 4.88. The third kappa shape index (κ3) is 5.44. The Morgan fingerprint density at radius 2 is 1.89 bits per heavy atom. The van der Waals surface area contributed by atoms with Gasteiger partial charge in [-0.1, -0.05) is 32.9 Å². The highest BCUT2D eigenvalue weighted by Crippen LogP contribution is 2.29. The summed E-state index contributed by atoms with van der Waals surface area (Å²) in [6.07, 6.45) is -0.611. The first-order valence-electron chi connectivity index (χ1n) is 9.12. The summed E-state index contributed by atoms with van der Waals surface area (Å²) in [5.41, 5.74) is 2.21.